The van der Waals surface area contributed by atoms with Crippen molar-refractivity contribution in [3.8, 4) is 5.88 Å². The molecule has 0 N–H and O–H groups in total. The predicted octanol–water partition coefficient (Wildman–Crippen LogP) is 1.50. The number of anilines is 2. The first-order valence-corrected chi connectivity index (χ1v) is 9.83. The molecule has 2 saturated heterocycles. The predicted molar refractivity (Wildman–Crippen MR) is 109 cm³/mol. The zero-order valence-corrected chi connectivity index (χ0v) is 16.7. The standard InChI is InChI=1S/C21H25N5O3/c1-15-4-3-5-17(12-15)26-14-16(13-20(26)27)21(28)25-10-8-24(9-11-25)18-6-7-19(29-2)23-22-18/h3-7,12,16H,8-11,13-14H2,1-2H3. The SMILES string of the molecule is COc1ccc(N2CCN(C(=O)C3CC(=O)N(c4cccc(C)c4)C3)CC2)nn1. The first kappa shape index (κ1) is 19.2. The minimum absolute atomic E-state index is 0.0149. The number of aryl methyl sites for hydroxylation is 1. The Hall–Kier alpha value is -3.16. The molecule has 0 aliphatic carbocycles. The third-order valence-electron chi connectivity index (χ3n) is 5.54. The molecular formula is C21H25N5O3. The molecule has 2 aromatic rings. The highest BCUT2D eigenvalue weighted by Gasteiger charge is 2.38. The maximum Gasteiger partial charge on any atom is 0.233 e. The van der Waals surface area contributed by atoms with Gasteiger partial charge in [0.05, 0.1) is 13.0 Å². The summed E-state index contributed by atoms with van der Waals surface area (Å²) in [6.07, 6.45) is 0.275. The Labute approximate surface area is 170 Å². The molecule has 0 spiro atoms. The van der Waals surface area contributed by atoms with Gasteiger partial charge < -0.3 is 19.4 Å². The number of ether oxygens (including phenoxy) is 1. The lowest BCUT2D eigenvalue weighted by atomic mass is 10.1. The number of carbonyl (C=O) groups excluding carboxylic acids is 2. The number of nitrogens with zero attached hydrogens (tertiary/aromatic N) is 5. The molecule has 0 bridgehead atoms. The van der Waals surface area contributed by atoms with Crippen molar-refractivity contribution < 1.29 is 14.3 Å². The normalized spacial score (nSPS) is 19.6. The number of aromatic nitrogens is 2. The van der Waals surface area contributed by atoms with Crippen molar-refractivity contribution in [2.24, 2.45) is 5.92 Å². The van der Waals surface area contributed by atoms with E-state index in [9.17, 15) is 9.59 Å². The van der Waals surface area contributed by atoms with E-state index >= 15 is 0 Å². The van der Waals surface area contributed by atoms with Crippen LogP contribution in [0.1, 0.15) is 12.0 Å². The van der Waals surface area contributed by atoms with E-state index < -0.39 is 0 Å². The second-order valence-corrected chi connectivity index (χ2v) is 7.49. The number of benzene rings is 1. The summed E-state index contributed by atoms with van der Waals surface area (Å²) in [6.45, 7) is 5.05. The van der Waals surface area contributed by atoms with E-state index in [0.29, 0.717) is 38.6 Å². The van der Waals surface area contributed by atoms with Crippen molar-refractivity contribution in [2.45, 2.75) is 13.3 Å². The molecule has 0 radical (unpaired) electrons. The van der Waals surface area contributed by atoms with E-state index in [0.717, 1.165) is 17.1 Å². The zero-order valence-electron chi connectivity index (χ0n) is 16.7. The van der Waals surface area contributed by atoms with Crippen LogP contribution in [0.4, 0.5) is 11.5 Å². The number of carbonyl (C=O) groups is 2. The molecule has 2 amide bonds. The van der Waals surface area contributed by atoms with Gasteiger partial charge in [-0.05, 0) is 30.7 Å². The van der Waals surface area contributed by atoms with Gasteiger partial charge >= 0.3 is 0 Å². The van der Waals surface area contributed by atoms with Gasteiger partial charge in [-0.25, -0.2) is 0 Å². The Morgan fingerprint density at radius 2 is 1.90 bits per heavy atom. The Morgan fingerprint density at radius 3 is 2.55 bits per heavy atom. The van der Waals surface area contributed by atoms with Crippen LogP contribution in [-0.2, 0) is 9.59 Å². The Kier molecular flexibility index (Phi) is 5.33. The summed E-state index contributed by atoms with van der Waals surface area (Å²) >= 11 is 0. The fourth-order valence-corrected chi connectivity index (χ4v) is 3.92. The lowest BCUT2D eigenvalue weighted by Gasteiger charge is -2.36. The van der Waals surface area contributed by atoms with Crippen molar-refractivity contribution in [1.82, 2.24) is 15.1 Å². The average molecular weight is 395 g/mol. The summed E-state index contributed by atoms with van der Waals surface area (Å²) in [5.74, 6) is 1.05. The lowest BCUT2D eigenvalue weighted by Crippen LogP contribution is -2.51. The van der Waals surface area contributed by atoms with Gasteiger partial charge in [0.25, 0.3) is 0 Å². The number of rotatable bonds is 4. The smallest absolute Gasteiger partial charge is 0.233 e. The Bertz CT molecular complexity index is 893. The van der Waals surface area contributed by atoms with Crippen molar-refractivity contribution in [3.05, 3.63) is 42.0 Å². The number of methoxy groups -OCH3 is 1. The van der Waals surface area contributed by atoms with E-state index in [1.54, 1.807) is 18.1 Å². The van der Waals surface area contributed by atoms with Crippen LogP contribution in [0.3, 0.4) is 0 Å². The van der Waals surface area contributed by atoms with Crippen molar-refractivity contribution in [2.75, 3.05) is 49.6 Å². The minimum atomic E-state index is -0.282. The second kappa shape index (κ2) is 8.06. The summed E-state index contributed by atoms with van der Waals surface area (Å²) in [5, 5.41) is 8.18. The fraction of sp³-hybridized carbons (Fsp3) is 0.429. The maximum absolute atomic E-state index is 13.0. The Balaban J connectivity index is 1.35. The van der Waals surface area contributed by atoms with Crippen LogP contribution in [0.2, 0.25) is 0 Å². The molecule has 3 heterocycles. The quantitative estimate of drug-likeness (QED) is 0.781. The monoisotopic (exact) mass is 395 g/mol. The van der Waals surface area contributed by atoms with E-state index in [2.05, 4.69) is 15.1 Å². The van der Waals surface area contributed by atoms with Crippen LogP contribution in [0.15, 0.2) is 36.4 Å². The molecule has 29 heavy (non-hydrogen) atoms. The van der Waals surface area contributed by atoms with Crippen LogP contribution in [0.25, 0.3) is 0 Å². The van der Waals surface area contributed by atoms with Gasteiger partial charge in [0.15, 0.2) is 5.82 Å². The van der Waals surface area contributed by atoms with Crippen LogP contribution in [0.5, 0.6) is 5.88 Å². The summed E-state index contributed by atoms with van der Waals surface area (Å²) in [5.41, 5.74) is 1.97. The van der Waals surface area contributed by atoms with Gasteiger partial charge in [-0.1, -0.05) is 12.1 Å². The summed E-state index contributed by atoms with van der Waals surface area (Å²) in [7, 11) is 1.56. The van der Waals surface area contributed by atoms with E-state index in [1.165, 1.54) is 0 Å². The van der Waals surface area contributed by atoms with Crippen molar-refractivity contribution in [1.29, 1.82) is 0 Å². The van der Waals surface area contributed by atoms with Gasteiger partial charge in [0, 0.05) is 50.9 Å². The third-order valence-corrected chi connectivity index (χ3v) is 5.54. The number of hydrogen-bond acceptors (Lipinski definition) is 6. The average Bonchev–Trinajstić information content (AvgIpc) is 3.15. The van der Waals surface area contributed by atoms with Gasteiger partial charge in [-0.2, -0.15) is 0 Å². The van der Waals surface area contributed by atoms with Gasteiger partial charge in [-0.15, -0.1) is 10.2 Å². The number of hydrogen-bond donors (Lipinski definition) is 0. The van der Waals surface area contributed by atoms with E-state index in [4.69, 9.17) is 4.74 Å². The molecule has 1 aromatic carbocycles. The molecule has 2 fully saturated rings. The summed E-state index contributed by atoms with van der Waals surface area (Å²) in [6, 6.07) is 11.5. The van der Waals surface area contributed by atoms with Gasteiger partial charge in [0.1, 0.15) is 0 Å². The molecular weight excluding hydrogens is 370 g/mol. The second-order valence-electron chi connectivity index (χ2n) is 7.49. The van der Waals surface area contributed by atoms with Crippen molar-refractivity contribution in [3.63, 3.8) is 0 Å². The first-order chi connectivity index (χ1) is 14.0. The number of amides is 2. The molecule has 1 unspecified atom stereocenters. The van der Waals surface area contributed by atoms with Gasteiger partial charge in [-0.3, -0.25) is 9.59 Å². The van der Waals surface area contributed by atoms with Crippen molar-refractivity contribution >= 4 is 23.3 Å². The maximum atomic E-state index is 13.0. The van der Waals surface area contributed by atoms with Crippen LogP contribution in [0, 0.1) is 12.8 Å². The van der Waals surface area contributed by atoms with E-state index in [-0.39, 0.29) is 24.2 Å². The number of piperazine rings is 1. The van der Waals surface area contributed by atoms with Crippen LogP contribution < -0.4 is 14.5 Å². The van der Waals surface area contributed by atoms with E-state index in [1.807, 2.05) is 42.2 Å². The highest BCUT2D eigenvalue weighted by Crippen LogP contribution is 2.27. The van der Waals surface area contributed by atoms with Crippen LogP contribution >= 0.6 is 0 Å². The molecule has 1 aromatic heterocycles. The molecule has 152 valence electrons. The molecule has 2 aliphatic heterocycles. The molecule has 4 rings (SSSR count). The molecule has 0 saturated carbocycles. The Morgan fingerprint density at radius 1 is 1.10 bits per heavy atom. The van der Waals surface area contributed by atoms with Crippen LogP contribution in [-0.4, -0.2) is 66.7 Å². The fourth-order valence-electron chi connectivity index (χ4n) is 3.92. The topological polar surface area (TPSA) is 78.9 Å². The highest BCUT2D eigenvalue weighted by molar-refractivity contribution is 6.00. The highest BCUT2D eigenvalue weighted by atomic mass is 16.5. The summed E-state index contributed by atoms with van der Waals surface area (Å²) in [4.78, 5) is 31.2. The largest absolute Gasteiger partial charge is 0.480 e. The zero-order chi connectivity index (χ0) is 20.4. The molecule has 8 nitrogen and oxygen atoms in total. The first-order valence-electron chi connectivity index (χ1n) is 9.83. The molecule has 1 atom stereocenters. The third kappa shape index (κ3) is 4.01. The van der Waals surface area contributed by atoms with Gasteiger partial charge in [0.2, 0.25) is 17.7 Å². The molecule has 2 aliphatic rings. The molecule has 8 heteroatoms. The lowest BCUT2D eigenvalue weighted by molar-refractivity contribution is -0.136. The minimum Gasteiger partial charge on any atom is -0.480 e. The summed E-state index contributed by atoms with van der Waals surface area (Å²) < 4.78 is 5.04.